The van der Waals surface area contributed by atoms with Crippen molar-refractivity contribution in [2.75, 3.05) is 32.5 Å². The Balaban J connectivity index is 1.19. The van der Waals surface area contributed by atoms with Crippen LogP contribution in [-0.2, 0) is 55.2 Å². The summed E-state index contributed by atoms with van der Waals surface area (Å²) < 4.78 is 0. The summed E-state index contributed by atoms with van der Waals surface area (Å²) in [5.74, 6) is -2.95. The molecule has 5 atom stereocenters. The van der Waals surface area contributed by atoms with Crippen LogP contribution in [0.5, 0.6) is 0 Å². The lowest BCUT2D eigenvalue weighted by Gasteiger charge is -2.40. The summed E-state index contributed by atoms with van der Waals surface area (Å²) in [6, 6.07) is 12.9. The van der Waals surface area contributed by atoms with E-state index in [1.165, 1.54) is 25.7 Å². The van der Waals surface area contributed by atoms with Gasteiger partial charge < -0.3 is 36.8 Å². The summed E-state index contributed by atoms with van der Waals surface area (Å²) in [7, 11) is 3.70. The van der Waals surface area contributed by atoms with Crippen molar-refractivity contribution in [3.63, 3.8) is 0 Å². The third-order valence-electron chi connectivity index (χ3n) is 15.6. The number of nitrogens with zero attached hydrogens (tertiary/aromatic N) is 2. The van der Waals surface area contributed by atoms with E-state index in [4.69, 9.17) is 4.84 Å². The van der Waals surface area contributed by atoms with Crippen LogP contribution in [0.15, 0.2) is 66.2 Å². The first-order chi connectivity index (χ1) is 37.7. The van der Waals surface area contributed by atoms with Gasteiger partial charge in [-0.3, -0.25) is 48.1 Å². The van der Waals surface area contributed by atoms with Gasteiger partial charge in [0.1, 0.15) is 18.1 Å². The fraction of sp³-hybridized carbons (Fsp3) is 0.645. The van der Waals surface area contributed by atoms with Gasteiger partial charge in [-0.2, -0.15) is 0 Å². The standard InChI is InChI=1S/C62H97N9O9/c1-40(2)49(66-59(78)53(61(7,8)9)68-60(79)54(70(12)13)62(10,11)46-24-19-18-20-25-46)38-42(5)55(74)69-80-39-44-30-32-48(33-31-44)64-56(75)43(6)63-58(77)52(41(3)4)67-50(72)28-23-29-51(73)71-36-34-45(35-37-71)57(76)65-47-26-21-16-14-15-17-22-27-47/h18-20,24-25,30-33,38,40-41,43,45,47,49,52-54H,14-17,21-23,26-29,34-37,39H2,1-13H3,(H,63,77)(H,64,75)(H,65,76)(H,66,78)(H,67,72)(H,68,79)(H,69,74)/b42-38+/t43-,49+,52-,53+,54+/m0/s1. The molecular formula is C62H97N9O9. The van der Waals surface area contributed by atoms with Crippen molar-refractivity contribution >= 4 is 52.9 Å². The highest BCUT2D eigenvalue weighted by Gasteiger charge is 2.42. The maximum atomic E-state index is 14.1. The summed E-state index contributed by atoms with van der Waals surface area (Å²) in [5, 5.41) is 17.7. The molecule has 0 bridgehead atoms. The predicted octanol–water partition coefficient (Wildman–Crippen LogP) is 7.37. The molecule has 1 heterocycles. The molecule has 4 rings (SSSR count). The van der Waals surface area contributed by atoms with Crippen LogP contribution in [0.1, 0.15) is 171 Å². The summed E-state index contributed by atoms with van der Waals surface area (Å²) in [4.78, 5) is 116. The number of nitrogens with one attached hydrogen (secondary N) is 7. The Bertz CT molecular complexity index is 2380. The average molecular weight is 1110 g/mol. The number of piperidine rings is 1. The first-order valence-electron chi connectivity index (χ1n) is 29.2. The molecule has 7 N–H and O–H groups in total. The van der Waals surface area contributed by atoms with Gasteiger partial charge in [-0.05, 0) is 101 Å². The van der Waals surface area contributed by atoms with Crippen LogP contribution in [0.4, 0.5) is 5.69 Å². The predicted molar refractivity (Wildman–Crippen MR) is 313 cm³/mol. The topological polar surface area (TPSA) is 236 Å². The maximum absolute atomic E-state index is 14.1. The van der Waals surface area contributed by atoms with Gasteiger partial charge in [0.2, 0.25) is 41.4 Å². The Morgan fingerprint density at radius 2 is 1.29 bits per heavy atom. The van der Waals surface area contributed by atoms with Crippen LogP contribution in [0.25, 0.3) is 0 Å². The zero-order valence-electron chi connectivity index (χ0n) is 50.4. The normalized spacial score (nSPS) is 17.1. The summed E-state index contributed by atoms with van der Waals surface area (Å²) in [6.07, 6.45) is 12.8. The van der Waals surface area contributed by atoms with Crippen LogP contribution in [-0.4, -0.2) is 120 Å². The second kappa shape index (κ2) is 31.7. The Labute approximate surface area is 477 Å². The zero-order chi connectivity index (χ0) is 59.3. The highest BCUT2D eigenvalue weighted by atomic mass is 16.6. The molecule has 1 aliphatic heterocycles. The average Bonchev–Trinajstić information content (AvgIpc) is 3.62. The summed E-state index contributed by atoms with van der Waals surface area (Å²) in [6.45, 7) is 21.4. The fourth-order valence-corrected chi connectivity index (χ4v) is 10.5. The molecule has 2 aliphatic rings. The smallest absolute Gasteiger partial charge is 0.270 e. The van der Waals surface area contributed by atoms with Gasteiger partial charge >= 0.3 is 0 Å². The van der Waals surface area contributed by atoms with E-state index in [2.05, 4.69) is 37.4 Å². The Hall–Kier alpha value is -6.14. The monoisotopic (exact) mass is 1110 g/mol. The van der Waals surface area contributed by atoms with E-state index in [0.717, 1.165) is 31.2 Å². The summed E-state index contributed by atoms with van der Waals surface area (Å²) in [5.41, 5.74) is 3.67. The van der Waals surface area contributed by atoms with E-state index in [1.807, 2.05) is 97.8 Å². The van der Waals surface area contributed by atoms with Crippen LogP contribution in [0.2, 0.25) is 0 Å². The van der Waals surface area contributed by atoms with Gasteiger partial charge in [-0.1, -0.05) is 149 Å². The van der Waals surface area contributed by atoms with E-state index < -0.39 is 58.8 Å². The molecule has 1 saturated heterocycles. The number of likely N-dealkylation sites (N-methyl/N-ethyl adjacent to an activating group) is 1. The second-order valence-electron chi connectivity index (χ2n) is 24.7. The molecule has 18 heteroatoms. The van der Waals surface area contributed by atoms with Crippen molar-refractivity contribution in [3.05, 3.63) is 77.4 Å². The molecule has 80 heavy (non-hydrogen) atoms. The molecule has 0 unspecified atom stereocenters. The van der Waals surface area contributed by atoms with E-state index in [1.54, 1.807) is 62.9 Å². The third kappa shape index (κ3) is 21.1. The van der Waals surface area contributed by atoms with Gasteiger partial charge in [0, 0.05) is 54.6 Å². The number of hydroxylamine groups is 1. The molecule has 444 valence electrons. The minimum Gasteiger partial charge on any atom is -0.353 e. The number of hydrogen-bond acceptors (Lipinski definition) is 10. The number of rotatable bonds is 25. The lowest BCUT2D eigenvalue weighted by atomic mass is 9.76. The van der Waals surface area contributed by atoms with Crippen molar-refractivity contribution in [3.8, 4) is 0 Å². The zero-order valence-corrected chi connectivity index (χ0v) is 50.4. The number of carbonyl (C=O) groups excluding carboxylic acids is 8. The van der Waals surface area contributed by atoms with Crippen molar-refractivity contribution in [1.82, 2.24) is 41.9 Å². The Morgan fingerprint density at radius 3 is 1.85 bits per heavy atom. The largest absolute Gasteiger partial charge is 0.353 e. The first-order valence-corrected chi connectivity index (χ1v) is 29.2. The van der Waals surface area contributed by atoms with E-state index in [9.17, 15) is 38.4 Å². The van der Waals surface area contributed by atoms with Gasteiger partial charge in [0.25, 0.3) is 5.91 Å². The van der Waals surface area contributed by atoms with Crippen LogP contribution in [0.3, 0.4) is 0 Å². The fourth-order valence-electron chi connectivity index (χ4n) is 10.5. The second-order valence-corrected chi connectivity index (χ2v) is 24.7. The number of anilines is 1. The van der Waals surface area contributed by atoms with E-state index in [0.29, 0.717) is 49.2 Å². The molecule has 1 saturated carbocycles. The molecule has 1 aliphatic carbocycles. The van der Waals surface area contributed by atoms with Crippen molar-refractivity contribution in [2.45, 2.75) is 208 Å². The highest BCUT2D eigenvalue weighted by molar-refractivity contribution is 5.98. The molecular weight excluding hydrogens is 1010 g/mol. The minimum atomic E-state index is -0.947. The maximum Gasteiger partial charge on any atom is 0.270 e. The lowest BCUT2D eigenvalue weighted by Crippen LogP contribution is -2.61. The number of likely N-dealkylation sites (tertiary alicyclic amines) is 1. The molecule has 0 spiro atoms. The van der Waals surface area contributed by atoms with Crippen LogP contribution in [0, 0.1) is 23.2 Å². The molecule has 18 nitrogen and oxygen atoms in total. The van der Waals surface area contributed by atoms with Gasteiger partial charge in [0.05, 0.1) is 18.7 Å². The van der Waals surface area contributed by atoms with Crippen molar-refractivity contribution in [1.29, 1.82) is 0 Å². The quantitative estimate of drug-likeness (QED) is 0.0385. The minimum absolute atomic E-state index is 0.00500. The number of carbonyl (C=O) groups is 8. The van der Waals surface area contributed by atoms with Crippen molar-refractivity contribution in [2.24, 2.45) is 23.2 Å². The Kier molecular flexibility index (Phi) is 26.3. The van der Waals surface area contributed by atoms with E-state index in [-0.39, 0.29) is 72.8 Å². The lowest BCUT2D eigenvalue weighted by molar-refractivity contribution is -0.136. The van der Waals surface area contributed by atoms with Crippen LogP contribution < -0.4 is 37.4 Å². The molecule has 2 aromatic rings. The summed E-state index contributed by atoms with van der Waals surface area (Å²) >= 11 is 0. The van der Waals surface area contributed by atoms with Gasteiger partial charge in [0.15, 0.2) is 0 Å². The molecule has 0 radical (unpaired) electrons. The molecule has 8 amide bonds. The number of amides is 8. The highest BCUT2D eigenvalue weighted by Crippen LogP contribution is 2.31. The third-order valence-corrected chi connectivity index (χ3v) is 15.6. The van der Waals surface area contributed by atoms with E-state index >= 15 is 0 Å². The number of hydrogen-bond donors (Lipinski definition) is 7. The SMILES string of the molecule is C/C(=C\[C@@H](NC(=O)[C@@H](NC(=O)[C@@H](N(C)C)C(C)(C)c1ccccc1)C(C)(C)C)C(C)C)C(=O)NOCc1ccc(NC(=O)[C@H](C)NC(=O)[C@@H](NC(=O)CCCC(=O)N2CCC(C(=O)NC3CCCCCCCC3)CC2)C(C)C)cc1. The molecule has 2 aromatic carbocycles. The number of benzene rings is 2. The first kappa shape index (κ1) is 66.4. The van der Waals surface area contributed by atoms with Crippen molar-refractivity contribution < 1.29 is 43.2 Å². The Morgan fingerprint density at radius 1 is 0.688 bits per heavy atom. The van der Waals surface area contributed by atoms with Crippen LogP contribution >= 0.6 is 0 Å². The van der Waals surface area contributed by atoms with Gasteiger partial charge in [-0.15, -0.1) is 0 Å². The molecule has 0 aromatic heterocycles. The van der Waals surface area contributed by atoms with Gasteiger partial charge in [-0.25, -0.2) is 5.48 Å². The molecule has 2 fully saturated rings.